The fourth-order valence-electron chi connectivity index (χ4n) is 2.21. The number of benzene rings is 1. The van der Waals surface area contributed by atoms with E-state index in [9.17, 15) is 4.79 Å². The van der Waals surface area contributed by atoms with E-state index in [2.05, 4.69) is 10.6 Å². The summed E-state index contributed by atoms with van der Waals surface area (Å²) >= 11 is 5.82. The minimum Gasteiger partial charge on any atom is -0.356 e. The Morgan fingerprint density at radius 1 is 1.28 bits per heavy atom. The molecule has 0 atom stereocenters. The SMILES string of the molecule is O=C(NCCc1ccc(Cl)cc1)C1CCNCC1. The highest BCUT2D eigenvalue weighted by molar-refractivity contribution is 6.30. The molecule has 0 unspecified atom stereocenters. The first kappa shape index (κ1) is 13.4. The number of hydrogen-bond donors (Lipinski definition) is 2. The van der Waals surface area contributed by atoms with Crippen LogP contribution in [0.1, 0.15) is 18.4 Å². The van der Waals surface area contributed by atoms with E-state index < -0.39 is 0 Å². The van der Waals surface area contributed by atoms with Crippen LogP contribution in [-0.4, -0.2) is 25.5 Å². The maximum atomic E-state index is 11.9. The molecule has 1 aromatic carbocycles. The standard InChI is InChI=1S/C14H19ClN2O/c15-13-3-1-11(2-4-13)5-10-17-14(18)12-6-8-16-9-7-12/h1-4,12,16H,5-10H2,(H,17,18). The van der Waals surface area contributed by atoms with E-state index in [1.807, 2.05) is 24.3 Å². The summed E-state index contributed by atoms with van der Waals surface area (Å²) in [4.78, 5) is 11.9. The van der Waals surface area contributed by atoms with E-state index in [1.165, 1.54) is 5.56 Å². The average molecular weight is 267 g/mol. The normalized spacial score (nSPS) is 16.5. The number of nitrogens with one attached hydrogen (secondary N) is 2. The molecule has 0 radical (unpaired) electrons. The summed E-state index contributed by atoms with van der Waals surface area (Å²) < 4.78 is 0. The highest BCUT2D eigenvalue weighted by atomic mass is 35.5. The van der Waals surface area contributed by atoms with Crippen molar-refractivity contribution < 1.29 is 4.79 Å². The highest BCUT2D eigenvalue weighted by Crippen LogP contribution is 2.12. The Bertz CT molecular complexity index is 385. The quantitative estimate of drug-likeness (QED) is 0.875. The van der Waals surface area contributed by atoms with Gasteiger partial charge in [-0.1, -0.05) is 23.7 Å². The van der Waals surface area contributed by atoms with Gasteiger partial charge in [0.15, 0.2) is 0 Å². The predicted molar refractivity (Wildman–Crippen MR) is 73.8 cm³/mol. The summed E-state index contributed by atoms with van der Waals surface area (Å²) in [5.41, 5.74) is 1.20. The van der Waals surface area contributed by atoms with Gasteiger partial charge < -0.3 is 10.6 Å². The predicted octanol–water partition coefficient (Wildman–Crippen LogP) is 2.00. The van der Waals surface area contributed by atoms with Crippen LogP contribution in [0, 0.1) is 5.92 Å². The zero-order chi connectivity index (χ0) is 12.8. The maximum Gasteiger partial charge on any atom is 0.223 e. The van der Waals surface area contributed by atoms with E-state index in [-0.39, 0.29) is 11.8 Å². The molecule has 2 N–H and O–H groups in total. The van der Waals surface area contributed by atoms with Crippen LogP contribution in [0.3, 0.4) is 0 Å². The number of carbonyl (C=O) groups is 1. The van der Waals surface area contributed by atoms with Crippen LogP contribution in [-0.2, 0) is 11.2 Å². The second-order valence-electron chi connectivity index (χ2n) is 4.69. The van der Waals surface area contributed by atoms with E-state index in [1.54, 1.807) is 0 Å². The zero-order valence-electron chi connectivity index (χ0n) is 10.4. The van der Waals surface area contributed by atoms with Gasteiger partial charge in [0.25, 0.3) is 0 Å². The molecule has 2 rings (SSSR count). The molecule has 1 aromatic rings. The summed E-state index contributed by atoms with van der Waals surface area (Å²) in [6.45, 7) is 2.61. The van der Waals surface area contributed by atoms with Crippen LogP contribution >= 0.6 is 11.6 Å². The van der Waals surface area contributed by atoms with Gasteiger partial charge in [-0.25, -0.2) is 0 Å². The number of hydrogen-bond acceptors (Lipinski definition) is 2. The van der Waals surface area contributed by atoms with Crippen molar-refractivity contribution in [2.75, 3.05) is 19.6 Å². The van der Waals surface area contributed by atoms with Crippen molar-refractivity contribution in [2.45, 2.75) is 19.3 Å². The minimum atomic E-state index is 0.191. The molecule has 0 aromatic heterocycles. The molecule has 4 heteroatoms. The molecule has 1 aliphatic rings. The van der Waals surface area contributed by atoms with Crippen LogP contribution in [0.15, 0.2) is 24.3 Å². The number of halogens is 1. The largest absolute Gasteiger partial charge is 0.356 e. The Labute approximate surface area is 113 Å². The van der Waals surface area contributed by atoms with Gasteiger partial charge in [-0.15, -0.1) is 0 Å². The lowest BCUT2D eigenvalue weighted by molar-refractivity contribution is -0.125. The Morgan fingerprint density at radius 3 is 2.61 bits per heavy atom. The Balaban J connectivity index is 1.71. The summed E-state index contributed by atoms with van der Waals surface area (Å²) in [7, 11) is 0. The van der Waals surface area contributed by atoms with Crippen molar-refractivity contribution >= 4 is 17.5 Å². The number of amides is 1. The summed E-state index contributed by atoms with van der Waals surface area (Å²) in [6, 6.07) is 7.76. The monoisotopic (exact) mass is 266 g/mol. The molecule has 1 aliphatic heterocycles. The van der Waals surface area contributed by atoms with Gasteiger partial charge in [0, 0.05) is 17.5 Å². The molecule has 0 aliphatic carbocycles. The van der Waals surface area contributed by atoms with Crippen LogP contribution in [0.25, 0.3) is 0 Å². The average Bonchev–Trinajstić information content (AvgIpc) is 2.42. The Morgan fingerprint density at radius 2 is 1.94 bits per heavy atom. The first-order valence-electron chi connectivity index (χ1n) is 6.48. The second kappa shape index (κ2) is 6.76. The van der Waals surface area contributed by atoms with Gasteiger partial charge in [0.1, 0.15) is 0 Å². The van der Waals surface area contributed by atoms with Gasteiger partial charge in [0.2, 0.25) is 5.91 Å². The third-order valence-corrected chi connectivity index (χ3v) is 3.59. The van der Waals surface area contributed by atoms with E-state index >= 15 is 0 Å². The van der Waals surface area contributed by atoms with Gasteiger partial charge in [0.05, 0.1) is 0 Å². The summed E-state index contributed by atoms with van der Waals surface area (Å²) in [6.07, 6.45) is 2.76. The van der Waals surface area contributed by atoms with E-state index in [0.717, 1.165) is 37.4 Å². The van der Waals surface area contributed by atoms with E-state index in [0.29, 0.717) is 6.54 Å². The van der Waals surface area contributed by atoms with Crippen molar-refractivity contribution in [1.29, 1.82) is 0 Å². The van der Waals surface area contributed by atoms with Crippen molar-refractivity contribution in [3.63, 3.8) is 0 Å². The molecule has 0 saturated carbocycles. The maximum absolute atomic E-state index is 11.9. The van der Waals surface area contributed by atoms with E-state index in [4.69, 9.17) is 11.6 Å². The molecule has 1 saturated heterocycles. The third-order valence-electron chi connectivity index (χ3n) is 3.34. The van der Waals surface area contributed by atoms with Crippen LogP contribution in [0.5, 0.6) is 0 Å². The van der Waals surface area contributed by atoms with Crippen LogP contribution in [0.4, 0.5) is 0 Å². The molecule has 1 fully saturated rings. The molecule has 1 heterocycles. The first-order valence-corrected chi connectivity index (χ1v) is 6.86. The zero-order valence-corrected chi connectivity index (χ0v) is 11.2. The second-order valence-corrected chi connectivity index (χ2v) is 5.13. The third kappa shape index (κ3) is 4.00. The molecule has 18 heavy (non-hydrogen) atoms. The van der Waals surface area contributed by atoms with Gasteiger partial charge in [-0.2, -0.15) is 0 Å². The number of piperidine rings is 1. The minimum absolute atomic E-state index is 0.191. The highest BCUT2D eigenvalue weighted by Gasteiger charge is 2.19. The molecule has 0 bridgehead atoms. The van der Waals surface area contributed by atoms with Crippen molar-refractivity contribution in [3.8, 4) is 0 Å². The summed E-state index contributed by atoms with van der Waals surface area (Å²) in [5, 5.41) is 7.03. The molecular weight excluding hydrogens is 248 g/mol. The molecule has 0 spiro atoms. The number of carbonyl (C=O) groups excluding carboxylic acids is 1. The lowest BCUT2D eigenvalue weighted by Crippen LogP contribution is -2.38. The van der Waals surface area contributed by atoms with Gasteiger partial charge in [-0.3, -0.25) is 4.79 Å². The molecule has 98 valence electrons. The topological polar surface area (TPSA) is 41.1 Å². The summed E-state index contributed by atoms with van der Waals surface area (Å²) in [5.74, 6) is 0.391. The van der Waals surface area contributed by atoms with Crippen molar-refractivity contribution in [3.05, 3.63) is 34.9 Å². The van der Waals surface area contributed by atoms with Gasteiger partial charge >= 0.3 is 0 Å². The fourth-order valence-corrected chi connectivity index (χ4v) is 2.34. The molecule has 3 nitrogen and oxygen atoms in total. The molecular formula is C14H19ClN2O. The number of rotatable bonds is 4. The van der Waals surface area contributed by atoms with Gasteiger partial charge in [-0.05, 0) is 50.0 Å². The lowest BCUT2D eigenvalue weighted by atomic mass is 9.97. The first-order chi connectivity index (χ1) is 8.75. The lowest BCUT2D eigenvalue weighted by Gasteiger charge is -2.21. The molecule has 1 amide bonds. The Kier molecular flexibility index (Phi) is 5.02. The Hall–Kier alpha value is -1.06. The fraction of sp³-hybridized carbons (Fsp3) is 0.500. The smallest absolute Gasteiger partial charge is 0.223 e. The van der Waals surface area contributed by atoms with Crippen LogP contribution in [0.2, 0.25) is 5.02 Å². The van der Waals surface area contributed by atoms with Crippen molar-refractivity contribution in [2.24, 2.45) is 5.92 Å². The van der Waals surface area contributed by atoms with Crippen LogP contribution < -0.4 is 10.6 Å². The van der Waals surface area contributed by atoms with Crippen molar-refractivity contribution in [1.82, 2.24) is 10.6 Å².